The summed E-state index contributed by atoms with van der Waals surface area (Å²) in [7, 11) is 0. The van der Waals surface area contributed by atoms with E-state index >= 15 is 0 Å². The van der Waals surface area contributed by atoms with Crippen LogP contribution in [0.2, 0.25) is 0 Å². The molecule has 0 spiro atoms. The summed E-state index contributed by atoms with van der Waals surface area (Å²) in [6.07, 6.45) is 5.77. The molecule has 2 rings (SSSR count). The summed E-state index contributed by atoms with van der Waals surface area (Å²) in [6.45, 7) is 3.65. The molecule has 1 fully saturated rings. The zero-order valence-corrected chi connectivity index (χ0v) is 10.1. The molecule has 2 N–H and O–H groups in total. The lowest BCUT2D eigenvalue weighted by Crippen LogP contribution is -2.50. The van der Waals surface area contributed by atoms with Crippen molar-refractivity contribution >= 4 is 5.91 Å². The number of carbonyl (C=O) groups is 1. The molecule has 0 aliphatic carbocycles. The summed E-state index contributed by atoms with van der Waals surface area (Å²) < 4.78 is 0. The molecule has 17 heavy (non-hydrogen) atoms. The van der Waals surface area contributed by atoms with Crippen LogP contribution in [0.25, 0.3) is 0 Å². The van der Waals surface area contributed by atoms with Crippen molar-refractivity contribution < 1.29 is 4.79 Å². The number of carbonyl (C=O) groups excluding carboxylic acids is 1. The van der Waals surface area contributed by atoms with Crippen molar-refractivity contribution in [3.05, 3.63) is 30.1 Å². The van der Waals surface area contributed by atoms with Gasteiger partial charge in [0, 0.05) is 18.9 Å². The Morgan fingerprint density at radius 2 is 2.29 bits per heavy atom. The van der Waals surface area contributed by atoms with E-state index < -0.39 is 0 Å². The van der Waals surface area contributed by atoms with Gasteiger partial charge in [0.15, 0.2) is 0 Å². The lowest BCUT2D eigenvalue weighted by atomic mass is 9.92. The molecule has 1 aromatic heterocycles. The Bertz CT molecular complexity index is 366. The van der Waals surface area contributed by atoms with E-state index in [0.29, 0.717) is 12.5 Å². The van der Waals surface area contributed by atoms with E-state index in [1.165, 1.54) is 0 Å². The van der Waals surface area contributed by atoms with Gasteiger partial charge in [-0.1, -0.05) is 6.92 Å². The Balaban J connectivity index is 1.84. The normalized spacial score (nSPS) is 24.3. The smallest absolute Gasteiger partial charge is 0.237 e. The second kappa shape index (κ2) is 5.77. The van der Waals surface area contributed by atoms with Crippen LogP contribution in [-0.2, 0) is 11.3 Å². The van der Waals surface area contributed by atoms with Crippen LogP contribution in [0.5, 0.6) is 0 Å². The predicted molar refractivity (Wildman–Crippen MR) is 66.3 cm³/mol. The molecule has 2 unspecified atom stereocenters. The average molecular weight is 233 g/mol. The van der Waals surface area contributed by atoms with Crippen molar-refractivity contribution in [1.82, 2.24) is 15.6 Å². The number of nitrogens with zero attached hydrogens (tertiary/aromatic N) is 1. The molecule has 1 aliphatic heterocycles. The molecule has 92 valence electrons. The van der Waals surface area contributed by atoms with Gasteiger partial charge in [0.05, 0.1) is 6.04 Å². The molecule has 2 atom stereocenters. The Hall–Kier alpha value is -1.42. The number of rotatable bonds is 3. The number of pyridine rings is 1. The van der Waals surface area contributed by atoms with Crippen molar-refractivity contribution in [3.63, 3.8) is 0 Å². The molecule has 0 saturated carbocycles. The van der Waals surface area contributed by atoms with Gasteiger partial charge < -0.3 is 10.6 Å². The highest BCUT2D eigenvalue weighted by atomic mass is 16.2. The first kappa shape index (κ1) is 12.0. The van der Waals surface area contributed by atoms with Gasteiger partial charge in [0.1, 0.15) is 0 Å². The van der Waals surface area contributed by atoms with Crippen molar-refractivity contribution in [2.75, 3.05) is 6.54 Å². The zero-order valence-electron chi connectivity index (χ0n) is 10.1. The van der Waals surface area contributed by atoms with Gasteiger partial charge in [0.25, 0.3) is 0 Å². The lowest BCUT2D eigenvalue weighted by molar-refractivity contribution is -0.125. The van der Waals surface area contributed by atoms with Crippen molar-refractivity contribution in [2.45, 2.75) is 32.4 Å². The van der Waals surface area contributed by atoms with E-state index in [1.807, 2.05) is 12.1 Å². The fourth-order valence-electron chi connectivity index (χ4n) is 2.20. The van der Waals surface area contributed by atoms with E-state index in [9.17, 15) is 4.79 Å². The molecule has 2 heterocycles. The maximum absolute atomic E-state index is 12.0. The molecule has 0 aromatic carbocycles. The Morgan fingerprint density at radius 3 is 3.00 bits per heavy atom. The highest BCUT2D eigenvalue weighted by Gasteiger charge is 2.26. The largest absolute Gasteiger partial charge is 0.351 e. The second-order valence-electron chi connectivity index (χ2n) is 4.62. The molecule has 1 aliphatic rings. The first-order valence-corrected chi connectivity index (χ1v) is 6.17. The number of hydrogen-bond donors (Lipinski definition) is 2. The molecule has 0 radical (unpaired) electrons. The molecular formula is C13H19N3O. The van der Waals surface area contributed by atoms with Crippen molar-refractivity contribution in [2.24, 2.45) is 5.92 Å². The first-order valence-electron chi connectivity index (χ1n) is 6.17. The number of piperidine rings is 1. The summed E-state index contributed by atoms with van der Waals surface area (Å²) in [5.74, 6) is 0.523. The molecule has 4 nitrogen and oxygen atoms in total. The summed E-state index contributed by atoms with van der Waals surface area (Å²) in [5, 5.41) is 6.25. The predicted octanol–water partition coefficient (Wildman–Crippen LogP) is 1.09. The van der Waals surface area contributed by atoms with E-state index in [2.05, 4.69) is 22.5 Å². The highest BCUT2D eigenvalue weighted by Crippen LogP contribution is 2.15. The summed E-state index contributed by atoms with van der Waals surface area (Å²) in [6, 6.07) is 3.79. The second-order valence-corrected chi connectivity index (χ2v) is 4.62. The Kier molecular flexibility index (Phi) is 4.09. The highest BCUT2D eigenvalue weighted by molar-refractivity contribution is 5.82. The van der Waals surface area contributed by atoms with Gasteiger partial charge in [-0.3, -0.25) is 9.78 Å². The fourth-order valence-corrected chi connectivity index (χ4v) is 2.20. The van der Waals surface area contributed by atoms with Crippen molar-refractivity contribution in [3.8, 4) is 0 Å². The van der Waals surface area contributed by atoms with E-state index in [4.69, 9.17) is 0 Å². The minimum absolute atomic E-state index is 0.0365. The topological polar surface area (TPSA) is 54.0 Å². The minimum atomic E-state index is -0.0365. The van der Waals surface area contributed by atoms with E-state index in [-0.39, 0.29) is 11.9 Å². The standard InChI is InChI=1S/C13H19N3O/c1-10-3-2-6-15-12(10)13(17)16-9-11-4-7-14-8-5-11/h4-5,7-8,10,12,15H,2-3,6,9H2,1H3,(H,16,17). The monoisotopic (exact) mass is 233 g/mol. The van der Waals surface area contributed by atoms with Gasteiger partial charge in [-0.15, -0.1) is 0 Å². The van der Waals surface area contributed by atoms with Crippen LogP contribution in [0.3, 0.4) is 0 Å². The Labute approximate surface area is 102 Å². The maximum atomic E-state index is 12.0. The number of amides is 1. The Morgan fingerprint density at radius 1 is 1.53 bits per heavy atom. The molecular weight excluding hydrogens is 214 g/mol. The van der Waals surface area contributed by atoms with Crippen LogP contribution < -0.4 is 10.6 Å². The SMILES string of the molecule is CC1CCCNC1C(=O)NCc1ccncc1. The van der Waals surface area contributed by atoms with Crippen LogP contribution in [0.1, 0.15) is 25.3 Å². The summed E-state index contributed by atoms with van der Waals surface area (Å²) in [5.41, 5.74) is 1.08. The lowest BCUT2D eigenvalue weighted by Gasteiger charge is -2.28. The number of aromatic nitrogens is 1. The molecule has 1 amide bonds. The van der Waals surface area contributed by atoms with Crippen LogP contribution in [0, 0.1) is 5.92 Å². The molecule has 4 heteroatoms. The maximum Gasteiger partial charge on any atom is 0.237 e. The van der Waals surface area contributed by atoms with Crippen LogP contribution in [-0.4, -0.2) is 23.5 Å². The third-order valence-electron chi connectivity index (χ3n) is 3.27. The average Bonchev–Trinajstić information content (AvgIpc) is 2.38. The third-order valence-corrected chi connectivity index (χ3v) is 3.27. The van der Waals surface area contributed by atoms with Crippen LogP contribution in [0.15, 0.2) is 24.5 Å². The van der Waals surface area contributed by atoms with Gasteiger partial charge in [-0.05, 0) is 43.0 Å². The summed E-state index contributed by atoms with van der Waals surface area (Å²) in [4.78, 5) is 15.9. The number of hydrogen-bond acceptors (Lipinski definition) is 3. The van der Waals surface area contributed by atoms with Crippen LogP contribution in [0.4, 0.5) is 0 Å². The third kappa shape index (κ3) is 3.27. The first-order chi connectivity index (χ1) is 8.27. The molecule has 1 aromatic rings. The van der Waals surface area contributed by atoms with E-state index in [0.717, 1.165) is 24.9 Å². The molecule has 1 saturated heterocycles. The van der Waals surface area contributed by atoms with Gasteiger partial charge in [-0.2, -0.15) is 0 Å². The zero-order chi connectivity index (χ0) is 12.1. The fraction of sp³-hybridized carbons (Fsp3) is 0.538. The van der Waals surface area contributed by atoms with Gasteiger partial charge >= 0.3 is 0 Å². The van der Waals surface area contributed by atoms with Crippen molar-refractivity contribution in [1.29, 1.82) is 0 Å². The number of nitrogens with one attached hydrogen (secondary N) is 2. The van der Waals surface area contributed by atoms with Gasteiger partial charge in [0.2, 0.25) is 5.91 Å². The minimum Gasteiger partial charge on any atom is -0.351 e. The molecule has 0 bridgehead atoms. The quantitative estimate of drug-likeness (QED) is 0.821. The van der Waals surface area contributed by atoms with Gasteiger partial charge in [-0.25, -0.2) is 0 Å². The summed E-state index contributed by atoms with van der Waals surface area (Å²) >= 11 is 0. The van der Waals surface area contributed by atoms with Crippen LogP contribution >= 0.6 is 0 Å². The van der Waals surface area contributed by atoms with E-state index in [1.54, 1.807) is 12.4 Å².